The molecule has 1 rings (SSSR count). The van der Waals surface area contributed by atoms with Crippen molar-refractivity contribution in [2.45, 2.75) is 13.0 Å². The molecule has 0 aromatic carbocycles. The number of halogens is 1. The van der Waals surface area contributed by atoms with Gasteiger partial charge in [-0.15, -0.1) is 11.6 Å². The third-order valence-electron chi connectivity index (χ3n) is 1.64. The van der Waals surface area contributed by atoms with Crippen LogP contribution in [0.25, 0.3) is 0 Å². The lowest BCUT2D eigenvalue weighted by Gasteiger charge is -1.99. The van der Waals surface area contributed by atoms with E-state index >= 15 is 0 Å². The highest BCUT2D eigenvalue weighted by Crippen LogP contribution is 2.09. The fourth-order valence-corrected chi connectivity index (χ4v) is 0.731. The van der Waals surface area contributed by atoms with Crippen LogP contribution < -0.4 is 0 Å². The second-order valence-corrected chi connectivity index (χ2v) is 3.77. The Balaban J connectivity index is 0.000000331. The molecule has 0 aromatic heterocycles. The Morgan fingerprint density at radius 1 is 1.50 bits per heavy atom. The molecule has 0 N–H and O–H groups in total. The number of carbonyl (C=O) groups is 2. The summed E-state index contributed by atoms with van der Waals surface area (Å²) in [5.74, 6) is -0.430. The van der Waals surface area contributed by atoms with E-state index in [0.717, 1.165) is 6.08 Å². The molecule has 1 aliphatic heterocycles. The van der Waals surface area contributed by atoms with Crippen molar-refractivity contribution in [3.8, 4) is 0 Å². The van der Waals surface area contributed by atoms with Crippen LogP contribution in [-0.2, 0) is 23.8 Å². The number of epoxide rings is 1. The number of alkyl halides is 1. The molecule has 1 aliphatic rings. The zero-order chi connectivity index (χ0) is 14.0. The number of hydrogen-bond acceptors (Lipinski definition) is 5. The van der Waals surface area contributed by atoms with Crippen LogP contribution in [0.2, 0.25) is 0 Å². The molecule has 1 heterocycles. The lowest BCUT2D eigenvalue weighted by atomic mass is 10.4. The first-order valence-corrected chi connectivity index (χ1v) is 5.84. The maximum atomic E-state index is 10.7. The number of carbonyl (C=O) groups excluding carboxylic acids is 2. The van der Waals surface area contributed by atoms with Crippen molar-refractivity contribution in [1.82, 2.24) is 0 Å². The van der Waals surface area contributed by atoms with Crippen LogP contribution in [0.3, 0.4) is 0 Å². The van der Waals surface area contributed by atoms with Gasteiger partial charge in [0.1, 0.15) is 19.3 Å². The molecular weight excluding hydrogens is 260 g/mol. The van der Waals surface area contributed by atoms with Crippen LogP contribution in [0.15, 0.2) is 24.8 Å². The zero-order valence-corrected chi connectivity index (χ0v) is 11.1. The van der Waals surface area contributed by atoms with Gasteiger partial charge in [-0.2, -0.15) is 0 Å². The minimum absolute atomic E-state index is 0.142. The van der Waals surface area contributed by atoms with E-state index in [-0.39, 0.29) is 18.7 Å². The van der Waals surface area contributed by atoms with Gasteiger partial charge in [-0.3, -0.25) is 0 Å². The highest BCUT2D eigenvalue weighted by atomic mass is 35.5. The summed E-state index contributed by atoms with van der Waals surface area (Å²) < 4.78 is 14.0. The van der Waals surface area contributed by atoms with Gasteiger partial charge >= 0.3 is 11.9 Å². The molecule has 5 nitrogen and oxygen atoms in total. The Hall–Kier alpha value is -1.33. The first kappa shape index (κ1) is 16.7. The van der Waals surface area contributed by atoms with Gasteiger partial charge in [0, 0.05) is 11.6 Å². The molecule has 0 spiro atoms. The summed E-state index contributed by atoms with van der Waals surface area (Å²) in [7, 11) is 0. The lowest BCUT2D eigenvalue weighted by Crippen LogP contribution is -2.09. The summed E-state index contributed by atoms with van der Waals surface area (Å²) in [4.78, 5) is 20.9. The number of rotatable bonds is 6. The second-order valence-electron chi connectivity index (χ2n) is 3.39. The predicted octanol–water partition coefficient (Wildman–Crippen LogP) is 1.46. The topological polar surface area (TPSA) is 65.1 Å². The number of ether oxygens (including phenoxy) is 3. The summed E-state index contributed by atoms with van der Waals surface area (Å²) in [6, 6.07) is 0. The van der Waals surface area contributed by atoms with E-state index in [2.05, 4.69) is 17.9 Å². The molecule has 0 aliphatic carbocycles. The largest absolute Gasteiger partial charge is 0.461 e. The third-order valence-corrected chi connectivity index (χ3v) is 1.79. The van der Waals surface area contributed by atoms with Crippen LogP contribution in [0.4, 0.5) is 0 Å². The third kappa shape index (κ3) is 9.86. The highest BCUT2D eigenvalue weighted by Gasteiger charge is 2.24. The maximum absolute atomic E-state index is 10.7. The van der Waals surface area contributed by atoms with E-state index in [4.69, 9.17) is 21.1 Å². The Morgan fingerprint density at radius 2 is 2.11 bits per heavy atom. The van der Waals surface area contributed by atoms with E-state index in [1.807, 2.05) is 0 Å². The van der Waals surface area contributed by atoms with E-state index in [9.17, 15) is 9.59 Å². The van der Waals surface area contributed by atoms with Crippen molar-refractivity contribution in [2.75, 3.05) is 25.7 Å². The molecule has 1 unspecified atom stereocenters. The normalized spacial score (nSPS) is 15.8. The van der Waals surface area contributed by atoms with Crippen molar-refractivity contribution >= 4 is 23.5 Å². The highest BCUT2D eigenvalue weighted by molar-refractivity contribution is 6.18. The monoisotopic (exact) mass is 276 g/mol. The molecule has 1 fully saturated rings. The van der Waals surface area contributed by atoms with Crippen molar-refractivity contribution < 1.29 is 23.8 Å². The molecule has 102 valence electrons. The minimum atomic E-state index is -0.425. The van der Waals surface area contributed by atoms with Gasteiger partial charge in [0.25, 0.3) is 0 Å². The van der Waals surface area contributed by atoms with E-state index in [1.165, 1.54) is 0 Å². The smallest absolute Gasteiger partial charge is 0.333 e. The molecule has 0 radical (unpaired) electrons. The van der Waals surface area contributed by atoms with Crippen molar-refractivity contribution in [3.05, 3.63) is 24.8 Å². The maximum Gasteiger partial charge on any atom is 0.333 e. The van der Waals surface area contributed by atoms with Crippen molar-refractivity contribution in [2.24, 2.45) is 0 Å². The number of hydrogen-bond donors (Lipinski definition) is 0. The first-order chi connectivity index (χ1) is 8.51. The van der Waals surface area contributed by atoms with Crippen molar-refractivity contribution in [3.63, 3.8) is 0 Å². The van der Waals surface area contributed by atoms with Gasteiger partial charge in [-0.05, 0) is 6.92 Å². The Labute approximate surface area is 111 Å². The molecular formula is C12H17ClO5. The van der Waals surface area contributed by atoms with Crippen LogP contribution in [0.1, 0.15) is 6.92 Å². The summed E-state index contributed by atoms with van der Waals surface area (Å²) in [6.07, 6.45) is 1.25. The van der Waals surface area contributed by atoms with Gasteiger partial charge in [0.05, 0.1) is 12.5 Å². The SMILES string of the molecule is C=C(C)C(=O)OCC1CO1.C=CC(=O)OCCCl. The van der Waals surface area contributed by atoms with Gasteiger partial charge in [0.15, 0.2) is 0 Å². The fraction of sp³-hybridized carbons (Fsp3) is 0.500. The lowest BCUT2D eigenvalue weighted by molar-refractivity contribution is -0.139. The van der Waals surface area contributed by atoms with Crippen LogP contribution in [0, 0.1) is 0 Å². The summed E-state index contributed by atoms with van der Waals surface area (Å²) in [6.45, 7) is 9.59. The quantitative estimate of drug-likeness (QED) is 0.318. The molecule has 1 atom stereocenters. The molecule has 0 aromatic rings. The molecule has 0 amide bonds. The standard InChI is InChI=1S/C7H10O3.C5H7ClO2/c1-5(2)7(8)10-4-6-3-9-6;1-2-5(7)8-4-3-6/h6H,1,3-4H2,2H3;2H,1,3-4H2. The Morgan fingerprint density at radius 3 is 2.50 bits per heavy atom. The van der Waals surface area contributed by atoms with Gasteiger partial charge in [0.2, 0.25) is 0 Å². The molecule has 1 saturated heterocycles. The average Bonchev–Trinajstić information content (AvgIpc) is 3.17. The Bertz CT molecular complexity index is 310. The van der Waals surface area contributed by atoms with Crippen LogP contribution in [-0.4, -0.2) is 43.7 Å². The predicted molar refractivity (Wildman–Crippen MR) is 67.4 cm³/mol. The fourth-order valence-electron chi connectivity index (χ4n) is 0.654. The summed E-state index contributed by atoms with van der Waals surface area (Å²) in [5.41, 5.74) is 0.431. The second kappa shape index (κ2) is 9.67. The van der Waals surface area contributed by atoms with Crippen molar-refractivity contribution in [1.29, 1.82) is 0 Å². The zero-order valence-electron chi connectivity index (χ0n) is 10.3. The van der Waals surface area contributed by atoms with Crippen LogP contribution in [0.5, 0.6) is 0 Å². The van der Waals surface area contributed by atoms with Gasteiger partial charge < -0.3 is 14.2 Å². The summed E-state index contributed by atoms with van der Waals surface area (Å²) in [5, 5.41) is 0. The molecule has 0 saturated carbocycles. The van der Waals surface area contributed by atoms with Gasteiger partial charge in [-0.25, -0.2) is 9.59 Å². The van der Waals surface area contributed by atoms with E-state index < -0.39 is 5.97 Å². The van der Waals surface area contributed by atoms with Gasteiger partial charge in [-0.1, -0.05) is 13.2 Å². The van der Waals surface area contributed by atoms with E-state index in [0.29, 0.717) is 24.7 Å². The summed E-state index contributed by atoms with van der Waals surface area (Å²) >= 11 is 5.19. The molecule has 0 bridgehead atoms. The Kier molecular flexibility index (Phi) is 8.96. The first-order valence-electron chi connectivity index (χ1n) is 5.30. The average molecular weight is 277 g/mol. The molecule has 18 heavy (non-hydrogen) atoms. The molecule has 6 heteroatoms. The minimum Gasteiger partial charge on any atom is -0.461 e. The number of esters is 2. The van der Waals surface area contributed by atoms with E-state index in [1.54, 1.807) is 6.92 Å². The van der Waals surface area contributed by atoms with Crippen LogP contribution >= 0.6 is 11.6 Å².